The van der Waals surface area contributed by atoms with Gasteiger partial charge in [0, 0.05) is 3.57 Å². The van der Waals surface area contributed by atoms with Gasteiger partial charge in [0.25, 0.3) is 0 Å². The first-order valence-corrected chi connectivity index (χ1v) is 6.00. The van der Waals surface area contributed by atoms with Crippen molar-refractivity contribution < 1.29 is 8.78 Å². The highest BCUT2D eigenvalue weighted by atomic mass is 127. The topological polar surface area (TPSA) is 102 Å². The van der Waals surface area contributed by atoms with Gasteiger partial charge in [0.05, 0.1) is 11.3 Å². The molecule has 19 heavy (non-hydrogen) atoms. The Bertz CT molecular complexity index is 711. The van der Waals surface area contributed by atoms with E-state index >= 15 is 0 Å². The van der Waals surface area contributed by atoms with Crippen molar-refractivity contribution in [1.82, 2.24) is 9.97 Å². The summed E-state index contributed by atoms with van der Waals surface area (Å²) < 4.78 is 27.6. The lowest BCUT2D eigenvalue weighted by Crippen LogP contribution is -2.07. The lowest BCUT2D eigenvalue weighted by atomic mass is 10.1. The average molecular weight is 373 g/mol. The van der Waals surface area contributed by atoms with Gasteiger partial charge in [-0.25, -0.2) is 13.8 Å². The van der Waals surface area contributed by atoms with Gasteiger partial charge >= 0.3 is 0 Å². The number of rotatable bonds is 1. The molecule has 0 amide bonds. The van der Waals surface area contributed by atoms with E-state index in [9.17, 15) is 8.78 Å². The number of hydrogen-bond acceptors (Lipinski definition) is 5. The maximum Gasteiger partial charge on any atom is 0.222 e. The third-order valence-corrected chi connectivity index (χ3v) is 3.25. The summed E-state index contributed by atoms with van der Waals surface area (Å²) in [5.41, 5.74) is 10.6. The zero-order chi connectivity index (χ0) is 14.2. The Morgan fingerprint density at radius 1 is 1.21 bits per heavy atom. The second-order valence-electron chi connectivity index (χ2n) is 3.52. The molecule has 4 N–H and O–H groups in total. The Kier molecular flexibility index (Phi) is 3.48. The van der Waals surface area contributed by atoms with Gasteiger partial charge in [-0.1, -0.05) is 0 Å². The number of nitrogens with zero attached hydrogens (tertiary/aromatic N) is 3. The molecular weight excluding hydrogens is 367 g/mol. The summed E-state index contributed by atoms with van der Waals surface area (Å²) in [6.45, 7) is 0. The number of hydrogen-bond donors (Lipinski definition) is 2. The van der Waals surface area contributed by atoms with Crippen LogP contribution in [0, 0.1) is 26.5 Å². The fourth-order valence-corrected chi connectivity index (χ4v) is 2.20. The van der Waals surface area contributed by atoms with Crippen LogP contribution in [-0.4, -0.2) is 9.97 Å². The van der Waals surface area contributed by atoms with Crippen LogP contribution in [0.5, 0.6) is 0 Å². The van der Waals surface area contributed by atoms with E-state index in [2.05, 4.69) is 9.97 Å². The minimum atomic E-state index is -1.11. The summed E-state index contributed by atoms with van der Waals surface area (Å²) in [6, 6.07) is 4.12. The van der Waals surface area contributed by atoms with Gasteiger partial charge in [-0.2, -0.15) is 10.2 Å². The first-order valence-electron chi connectivity index (χ1n) is 4.92. The SMILES string of the molecule is N#Cc1c(N)nc(N)nc1-c1c(I)ccc(F)c1F. The largest absolute Gasteiger partial charge is 0.382 e. The summed E-state index contributed by atoms with van der Waals surface area (Å²) in [5.74, 6) is -2.55. The van der Waals surface area contributed by atoms with Crippen molar-refractivity contribution in [2.45, 2.75) is 0 Å². The van der Waals surface area contributed by atoms with Crippen LogP contribution < -0.4 is 11.5 Å². The highest BCUT2D eigenvalue weighted by Gasteiger charge is 2.21. The molecule has 0 radical (unpaired) electrons. The molecule has 2 aromatic rings. The van der Waals surface area contributed by atoms with Gasteiger partial charge in [0.1, 0.15) is 17.5 Å². The number of nitrogens with two attached hydrogens (primary N) is 2. The van der Waals surface area contributed by atoms with Gasteiger partial charge in [0.2, 0.25) is 5.95 Å². The van der Waals surface area contributed by atoms with E-state index in [0.29, 0.717) is 3.57 Å². The zero-order valence-corrected chi connectivity index (χ0v) is 11.4. The molecule has 0 saturated heterocycles. The Morgan fingerprint density at radius 3 is 2.53 bits per heavy atom. The maximum atomic E-state index is 13.9. The van der Waals surface area contributed by atoms with Gasteiger partial charge in [-0.15, -0.1) is 0 Å². The minimum absolute atomic E-state index is 0.117. The number of nitrogen functional groups attached to an aromatic ring is 2. The Labute approximate surface area is 120 Å². The van der Waals surface area contributed by atoms with Crippen LogP contribution in [-0.2, 0) is 0 Å². The molecule has 96 valence electrons. The molecule has 0 aliphatic heterocycles. The van der Waals surface area contributed by atoms with E-state index in [1.54, 1.807) is 28.7 Å². The molecule has 0 aliphatic rings. The van der Waals surface area contributed by atoms with Crippen LogP contribution in [0.2, 0.25) is 0 Å². The van der Waals surface area contributed by atoms with Gasteiger partial charge in [0.15, 0.2) is 11.6 Å². The minimum Gasteiger partial charge on any atom is -0.382 e. The summed E-state index contributed by atoms with van der Waals surface area (Å²) in [6.07, 6.45) is 0. The smallest absolute Gasteiger partial charge is 0.222 e. The molecule has 0 aliphatic carbocycles. The summed E-state index contributed by atoms with van der Waals surface area (Å²) in [7, 11) is 0. The van der Waals surface area contributed by atoms with Crippen molar-refractivity contribution >= 4 is 34.4 Å². The van der Waals surface area contributed by atoms with Crippen LogP contribution in [0.3, 0.4) is 0 Å². The lowest BCUT2D eigenvalue weighted by molar-refractivity contribution is 0.510. The zero-order valence-electron chi connectivity index (χ0n) is 9.28. The first-order chi connectivity index (χ1) is 8.95. The quantitative estimate of drug-likeness (QED) is 0.589. The third-order valence-electron chi connectivity index (χ3n) is 2.35. The number of benzene rings is 1. The van der Waals surface area contributed by atoms with Crippen molar-refractivity contribution in [3.05, 3.63) is 32.9 Å². The van der Waals surface area contributed by atoms with E-state index in [1.807, 2.05) is 0 Å². The Balaban J connectivity index is 2.87. The molecule has 0 bridgehead atoms. The summed E-state index contributed by atoms with van der Waals surface area (Å²) in [4.78, 5) is 7.41. The Morgan fingerprint density at radius 2 is 1.89 bits per heavy atom. The molecule has 0 atom stereocenters. The number of aromatic nitrogens is 2. The lowest BCUT2D eigenvalue weighted by Gasteiger charge is -2.09. The fourth-order valence-electron chi connectivity index (χ4n) is 1.53. The molecule has 1 aromatic heterocycles. The molecule has 0 unspecified atom stereocenters. The normalized spacial score (nSPS) is 10.2. The van der Waals surface area contributed by atoms with Crippen LogP contribution in [0.15, 0.2) is 12.1 Å². The molecule has 5 nitrogen and oxygen atoms in total. The summed E-state index contributed by atoms with van der Waals surface area (Å²) >= 11 is 1.80. The van der Waals surface area contributed by atoms with Gasteiger partial charge in [-0.05, 0) is 34.7 Å². The average Bonchev–Trinajstić information content (AvgIpc) is 2.34. The van der Waals surface area contributed by atoms with Crippen molar-refractivity contribution in [3.63, 3.8) is 0 Å². The first kappa shape index (κ1) is 13.4. The number of halogens is 3. The summed E-state index contributed by atoms with van der Waals surface area (Å²) in [5, 5.41) is 9.03. The standard InChI is InChI=1S/C11H6F2IN5/c12-5-1-2-6(14)7(8(5)13)9-4(3-15)10(16)19-11(17)18-9/h1-2H,(H4,16,17,18,19). The van der Waals surface area contributed by atoms with Crippen LogP contribution in [0.25, 0.3) is 11.3 Å². The van der Waals surface area contributed by atoms with Crippen molar-refractivity contribution in [2.75, 3.05) is 11.5 Å². The third kappa shape index (κ3) is 2.28. The van der Waals surface area contributed by atoms with E-state index < -0.39 is 11.6 Å². The van der Waals surface area contributed by atoms with Crippen molar-refractivity contribution in [2.24, 2.45) is 0 Å². The van der Waals surface area contributed by atoms with E-state index in [4.69, 9.17) is 16.7 Å². The molecule has 0 saturated carbocycles. The number of nitriles is 1. The van der Waals surface area contributed by atoms with Crippen LogP contribution in [0.1, 0.15) is 5.56 Å². The maximum absolute atomic E-state index is 13.9. The number of anilines is 2. The second-order valence-corrected chi connectivity index (χ2v) is 4.68. The predicted molar refractivity (Wildman–Crippen MR) is 73.6 cm³/mol. The van der Waals surface area contributed by atoms with Crippen LogP contribution >= 0.6 is 22.6 Å². The monoisotopic (exact) mass is 373 g/mol. The van der Waals surface area contributed by atoms with Gasteiger partial charge in [-0.3, -0.25) is 0 Å². The molecule has 0 spiro atoms. The van der Waals surface area contributed by atoms with E-state index in [-0.39, 0.29) is 28.6 Å². The Hall–Kier alpha value is -2.02. The highest BCUT2D eigenvalue weighted by molar-refractivity contribution is 14.1. The van der Waals surface area contributed by atoms with Crippen LogP contribution in [0.4, 0.5) is 20.5 Å². The second kappa shape index (κ2) is 4.93. The molecule has 1 aromatic carbocycles. The van der Waals surface area contributed by atoms with Crippen molar-refractivity contribution in [3.8, 4) is 17.3 Å². The van der Waals surface area contributed by atoms with Crippen molar-refractivity contribution in [1.29, 1.82) is 5.26 Å². The molecule has 8 heteroatoms. The van der Waals surface area contributed by atoms with Gasteiger partial charge < -0.3 is 11.5 Å². The van der Waals surface area contributed by atoms with E-state index in [1.165, 1.54) is 6.07 Å². The van der Waals surface area contributed by atoms with E-state index in [0.717, 1.165) is 6.07 Å². The molecule has 1 heterocycles. The molecule has 0 fully saturated rings. The molecule has 2 rings (SSSR count). The fraction of sp³-hybridized carbons (Fsp3) is 0. The predicted octanol–water partition coefficient (Wildman–Crippen LogP) is 2.06. The highest BCUT2D eigenvalue weighted by Crippen LogP contribution is 2.32. The molecular formula is C11H6F2IN5.